The van der Waals surface area contributed by atoms with E-state index in [2.05, 4.69) is 5.32 Å². The van der Waals surface area contributed by atoms with E-state index in [1.165, 1.54) is 13.0 Å². The number of ether oxygens (including phenoxy) is 1. The highest BCUT2D eigenvalue weighted by Gasteiger charge is 2.17. The number of rotatable bonds is 3. The lowest BCUT2D eigenvalue weighted by molar-refractivity contribution is -0.132. The molecule has 0 aliphatic carbocycles. The Morgan fingerprint density at radius 2 is 1.88 bits per heavy atom. The fraction of sp³-hybridized carbons (Fsp3) is 0.636. The molecule has 0 saturated carbocycles. The van der Waals surface area contributed by atoms with E-state index in [4.69, 9.17) is 9.84 Å². The molecule has 0 spiro atoms. The summed E-state index contributed by atoms with van der Waals surface area (Å²) < 4.78 is 5.02. The first-order valence-corrected chi connectivity index (χ1v) is 5.03. The lowest BCUT2D eigenvalue weighted by Gasteiger charge is -2.21. The van der Waals surface area contributed by atoms with Gasteiger partial charge >= 0.3 is 12.1 Å². The van der Waals surface area contributed by atoms with Gasteiger partial charge in [0.25, 0.3) is 0 Å². The summed E-state index contributed by atoms with van der Waals surface area (Å²) in [5.74, 6) is -1.00. The highest BCUT2D eigenvalue weighted by atomic mass is 16.6. The summed E-state index contributed by atoms with van der Waals surface area (Å²) in [6, 6.07) is -0.383. The van der Waals surface area contributed by atoms with Crippen molar-refractivity contribution in [2.75, 3.05) is 0 Å². The molecule has 0 rings (SSSR count). The van der Waals surface area contributed by atoms with Gasteiger partial charge in [0, 0.05) is 11.6 Å². The maximum atomic E-state index is 11.3. The summed E-state index contributed by atoms with van der Waals surface area (Å²) in [4.78, 5) is 21.8. The Hall–Kier alpha value is -1.52. The molecule has 16 heavy (non-hydrogen) atoms. The van der Waals surface area contributed by atoms with Crippen LogP contribution in [-0.4, -0.2) is 28.8 Å². The van der Waals surface area contributed by atoms with Crippen LogP contribution in [0.5, 0.6) is 0 Å². The third-order valence-electron chi connectivity index (χ3n) is 1.58. The molecular formula is C11H19NO4. The van der Waals surface area contributed by atoms with E-state index in [1.54, 1.807) is 27.7 Å². The lowest BCUT2D eigenvalue weighted by Crippen LogP contribution is -2.37. The van der Waals surface area contributed by atoms with Crippen molar-refractivity contribution >= 4 is 12.1 Å². The summed E-state index contributed by atoms with van der Waals surface area (Å²) in [6.07, 6.45) is 0.890. The van der Waals surface area contributed by atoms with Crippen LogP contribution in [-0.2, 0) is 9.53 Å². The average Bonchev–Trinajstić information content (AvgIpc) is 1.98. The molecule has 0 radical (unpaired) electrons. The molecule has 1 amide bonds. The molecule has 0 saturated heterocycles. The van der Waals surface area contributed by atoms with E-state index in [0.29, 0.717) is 0 Å². The molecule has 0 fully saturated rings. The number of carboxylic acid groups (broad SMARTS) is 1. The number of hydrogen-bond donors (Lipinski definition) is 2. The maximum absolute atomic E-state index is 11.3. The fourth-order valence-electron chi connectivity index (χ4n) is 0.981. The molecule has 0 heterocycles. The monoisotopic (exact) mass is 229 g/mol. The molecule has 1 atom stereocenters. The summed E-state index contributed by atoms with van der Waals surface area (Å²) >= 11 is 0. The van der Waals surface area contributed by atoms with E-state index in [9.17, 15) is 9.59 Å². The Morgan fingerprint density at radius 1 is 1.38 bits per heavy atom. The number of carbonyl (C=O) groups excluding carboxylic acids is 1. The van der Waals surface area contributed by atoms with Crippen molar-refractivity contribution in [3.05, 3.63) is 11.6 Å². The van der Waals surface area contributed by atoms with Gasteiger partial charge in [0.05, 0.1) is 0 Å². The Balaban J connectivity index is 4.26. The van der Waals surface area contributed by atoms with Crippen molar-refractivity contribution in [1.29, 1.82) is 0 Å². The number of nitrogens with one attached hydrogen (secondary N) is 1. The van der Waals surface area contributed by atoms with Crippen LogP contribution in [0.4, 0.5) is 4.79 Å². The summed E-state index contributed by atoms with van der Waals surface area (Å²) in [5.41, 5.74) is -0.376. The van der Waals surface area contributed by atoms with Crippen LogP contribution in [0.1, 0.15) is 34.6 Å². The third-order valence-corrected chi connectivity index (χ3v) is 1.58. The number of alkyl carbamates (subject to hydrolysis) is 1. The summed E-state index contributed by atoms with van der Waals surface area (Å²) in [5, 5.41) is 11.2. The van der Waals surface area contributed by atoms with Gasteiger partial charge in [-0.1, -0.05) is 6.08 Å². The molecule has 0 aromatic heterocycles. The van der Waals surface area contributed by atoms with Crippen molar-refractivity contribution in [3.8, 4) is 0 Å². The standard InChI is InChI=1S/C11H19NO4/c1-7(9(13)14)6-8(2)12-10(15)16-11(3,4)5/h6,8H,1-5H3,(H,12,15)(H,13,14)/t8-/m0/s1. The van der Waals surface area contributed by atoms with Gasteiger partial charge in [0.2, 0.25) is 0 Å². The summed E-state index contributed by atoms with van der Waals surface area (Å²) in [7, 11) is 0. The van der Waals surface area contributed by atoms with E-state index in [1.807, 2.05) is 0 Å². The van der Waals surface area contributed by atoms with Crippen molar-refractivity contribution in [1.82, 2.24) is 5.32 Å². The highest BCUT2D eigenvalue weighted by Crippen LogP contribution is 2.07. The molecule has 0 aromatic rings. The zero-order valence-corrected chi connectivity index (χ0v) is 10.3. The maximum Gasteiger partial charge on any atom is 0.408 e. The third kappa shape index (κ3) is 6.86. The van der Waals surface area contributed by atoms with E-state index in [-0.39, 0.29) is 11.6 Å². The SMILES string of the molecule is CC(=C[C@H](C)NC(=O)OC(C)(C)C)C(=O)O. The molecule has 92 valence electrons. The minimum absolute atomic E-state index is 0.184. The highest BCUT2D eigenvalue weighted by molar-refractivity contribution is 5.86. The molecule has 0 unspecified atom stereocenters. The second kappa shape index (κ2) is 5.53. The van der Waals surface area contributed by atoms with E-state index in [0.717, 1.165) is 0 Å². The molecule has 5 heteroatoms. The first-order valence-electron chi connectivity index (χ1n) is 5.03. The van der Waals surface area contributed by atoms with Crippen molar-refractivity contribution < 1.29 is 19.4 Å². The fourth-order valence-corrected chi connectivity index (χ4v) is 0.981. The molecule has 0 aromatic carbocycles. The molecule has 0 aliphatic rings. The normalized spacial score (nSPS) is 14.2. The van der Waals surface area contributed by atoms with Crippen molar-refractivity contribution in [2.24, 2.45) is 0 Å². The van der Waals surface area contributed by atoms with Crippen LogP contribution >= 0.6 is 0 Å². The Kier molecular flexibility index (Phi) is 5.01. The smallest absolute Gasteiger partial charge is 0.408 e. The molecule has 0 aliphatic heterocycles. The van der Waals surface area contributed by atoms with Gasteiger partial charge in [-0.3, -0.25) is 0 Å². The van der Waals surface area contributed by atoms with Crippen molar-refractivity contribution in [3.63, 3.8) is 0 Å². The number of carboxylic acids is 1. The van der Waals surface area contributed by atoms with Gasteiger partial charge in [0.1, 0.15) is 5.60 Å². The van der Waals surface area contributed by atoms with Crippen LogP contribution < -0.4 is 5.32 Å². The van der Waals surface area contributed by atoms with E-state index >= 15 is 0 Å². The average molecular weight is 229 g/mol. The minimum atomic E-state index is -1.00. The minimum Gasteiger partial charge on any atom is -0.478 e. The quantitative estimate of drug-likeness (QED) is 0.725. The van der Waals surface area contributed by atoms with Crippen LogP contribution in [0.3, 0.4) is 0 Å². The topological polar surface area (TPSA) is 75.6 Å². The predicted octanol–water partition coefficient (Wildman–Crippen LogP) is 1.93. The van der Waals surface area contributed by atoms with E-state index < -0.39 is 17.7 Å². The van der Waals surface area contributed by atoms with Gasteiger partial charge in [-0.15, -0.1) is 0 Å². The van der Waals surface area contributed by atoms with Crippen LogP contribution in [0, 0.1) is 0 Å². The zero-order chi connectivity index (χ0) is 12.9. The number of carbonyl (C=O) groups is 2. The summed E-state index contributed by atoms with van der Waals surface area (Å²) in [6.45, 7) is 8.42. The molecule has 2 N–H and O–H groups in total. The second-order valence-electron chi connectivity index (χ2n) is 4.59. The Labute approximate surface area is 95.5 Å². The second-order valence-corrected chi connectivity index (χ2v) is 4.59. The number of hydrogen-bond acceptors (Lipinski definition) is 3. The van der Waals surface area contributed by atoms with Gasteiger partial charge in [-0.2, -0.15) is 0 Å². The van der Waals surface area contributed by atoms with Crippen molar-refractivity contribution in [2.45, 2.75) is 46.3 Å². The molecule has 5 nitrogen and oxygen atoms in total. The Bertz CT molecular complexity index is 302. The van der Waals surface area contributed by atoms with Crippen LogP contribution in [0.25, 0.3) is 0 Å². The predicted molar refractivity (Wildman–Crippen MR) is 60.2 cm³/mol. The van der Waals surface area contributed by atoms with Crippen LogP contribution in [0.15, 0.2) is 11.6 Å². The van der Waals surface area contributed by atoms with Gasteiger partial charge in [-0.05, 0) is 34.6 Å². The molecular weight excluding hydrogens is 210 g/mol. The first-order chi connectivity index (χ1) is 7.11. The van der Waals surface area contributed by atoms with Gasteiger partial charge < -0.3 is 15.2 Å². The van der Waals surface area contributed by atoms with Gasteiger partial charge in [0.15, 0.2) is 0 Å². The van der Waals surface area contributed by atoms with Gasteiger partial charge in [-0.25, -0.2) is 9.59 Å². The first kappa shape index (κ1) is 14.5. The van der Waals surface area contributed by atoms with Crippen LogP contribution in [0.2, 0.25) is 0 Å². The largest absolute Gasteiger partial charge is 0.478 e. The Morgan fingerprint density at radius 3 is 2.25 bits per heavy atom. The number of aliphatic carboxylic acids is 1. The molecule has 0 bridgehead atoms. The number of amides is 1. The zero-order valence-electron chi connectivity index (χ0n) is 10.3. The lowest BCUT2D eigenvalue weighted by atomic mass is 10.2.